The molecule has 2 N–H and O–H groups in total. The molecule has 0 aromatic heterocycles. The number of hydrogen-bond donors (Lipinski definition) is 2. The van der Waals surface area contributed by atoms with Gasteiger partial charge in [0.15, 0.2) is 0 Å². The Morgan fingerprint density at radius 1 is 1.33 bits per heavy atom. The number of rotatable bonds is 6. The molecule has 1 aromatic rings. The van der Waals surface area contributed by atoms with Crippen molar-refractivity contribution in [3.05, 3.63) is 28.8 Å². The third-order valence-corrected chi connectivity index (χ3v) is 4.13. The third-order valence-electron chi connectivity index (χ3n) is 2.17. The summed E-state index contributed by atoms with van der Waals surface area (Å²) in [5, 5.41) is 4.71. The van der Waals surface area contributed by atoms with Gasteiger partial charge in [-0.25, -0.2) is 13.4 Å². The lowest BCUT2D eigenvalue weighted by Crippen LogP contribution is -2.36. The predicted molar refractivity (Wildman–Crippen MR) is 72.8 cm³/mol. The summed E-state index contributed by atoms with van der Waals surface area (Å²) in [4.78, 5) is 2.45. The van der Waals surface area contributed by atoms with Gasteiger partial charge >= 0.3 is 0 Å². The maximum Gasteiger partial charge on any atom is 0.254 e. The molecule has 0 saturated heterocycles. The molecule has 0 atom stereocenters. The van der Waals surface area contributed by atoms with Gasteiger partial charge in [0, 0.05) is 20.6 Å². The third kappa shape index (κ3) is 4.22. The van der Waals surface area contributed by atoms with Crippen LogP contribution in [0.2, 0.25) is 5.02 Å². The van der Waals surface area contributed by atoms with E-state index in [1.54, 1.807) is 32.3 Å². The van der Waals surface area contributed by atoms with Gasteiger partial charge < -0.3 is 5.32 Å². The summed E-state index contributed by atoms with van der Waals surface area (Å²) in [5.74, 6) is 0. The molecule has 0 fully saturated rings. The largest absolute Gasteiger partial charge is 0.313 e. The van der Waals surface area contributed by atoms with Gasteiger partial charge in [-0.1, -0.05) is 24.6 Å². The lowest BCUT2D eigenvalue weighted by molar-refractivity contribution is 0.364. The highest BCUT2D eigenvalue weighted by molar-refractivity contribution is 7.89. The molecule has 0 amide bonds. The first-order valence-corrected chi connectivity index (χ1v) is 7.42. The van der Waals surface area contributed by atoms with E-state index in [0.717, 1.165) is 12.1 Å². The van der Waals surface area contributed by atoms with Gasteiger partial charge in [0.2, 0.25) is 0 Å². The SMILES string of the molecule is CCNCc1ccc(Cl)c(S(=O)(=O)NN(C)C)c1. The topological polar surface area (TPSA) is 61.4 Å². The Kier molecular flexibility index (Phi) is 5.55. The van der Waals surface area contributed by atoms with Crippen LogP contribution >= 0.6 is 11.6 Å². The summed E-state index contributed by atoms with van der Waals surface area (Å²) < 4.78 is 24.1. The first-order valence-electron chi connectivity index (χ1n) is 5.55. The van der Waals surface area contributed by atoms with Gasteiger partial charge in [-0.2, -0.15) is 0 Å². The number of halogens is 1. The highest BCUT2D eigenvalue weighted by Gasteiger charge is 2.18. The van der Waals surface area contributed by atoms with Crippen LogP contribution in [0.4, 0.5) is 0 Å². The fourth-order valence-electron chi connectivity index (χ4n) is 1.42. The number of sulfonamides is 1. The normalized spacial score (nSPS) is 12.1. The van der Waals surface area contributed by atoms with Crippen LogP contribution in [0.5, 0.6) is 0 Å². The molecule has 0 aliphatic rings. The maximum absolute atomic E-state index is 12.0. The van der Waals surface area contributed by atoms with E-state index in [0.29, 0.717) is 6.54 Å². The van der Waals surface area contributed by atoms with Gasteiger partial charge in [-0.3, -0.25) is 0 Å². The molecule has 7 heteroatoms. The summed E-state index contributed by atoms with van der Waals surface area (Å²) in [6, 6.07) is 4.98. The van der Waals surface area contributed by atoms with Crippen molar-refractivity contribution >= 4 is 21.6 Å². The van der Waals surface area contributed by atoms with Crippen molar-refractivity contribution in [2.24, 2.45) is 0 Å². The van der Waals surface area contributed by atoms with Crippen molar-refractivity contribution in [1.82, 2.24) is 15.2 Å². The lowest BCUT2D eigenvalue weighted by atomic mass is 10.2. The average Bonchev–Trinajstić information content (AvgIpc) is 2.26. The van der Waals surface area contributed by atoms with Crippen molar-refractivity contribution < 1.29 is 8.42 Å². The zero-order chi connectivity index (χ0) is 13.8. The molecule has 0 spiro atoms. The van der Waals surface area contributed by atoms with Crippen LogP contribution in [0.25, 0.3) is 0 Å². The molecular formula is C11H18ClN3O2S. The van der Waals surface area contributed by atoms with Gasteiger partial charge in [0.25, 0.3) is 10.0 Å². The van der Waals surface area contributed by atoms with Crippen LogP contribution in [0.3, 0.4) is 0 Å². The molecule has 102 valence electrons. The predicted octanol–water partition coefficient (Wildman–Crippen LogP) is 1.20. The average molecular weight is 292 g/mol. The first kappa shape index (κ1) is 15.4. The molecular weight excluding hydrogens is 274 g/mol. The van der Waals surface area contributed by atoms with Crippen LogP contribution in [0.15, 0.2) is 23.1 Å². The van der Waals surface area contributed by atoms with Crippen molar-refractivity contribution in [2.45, 2.75) is 18.4 Å². The highest BCUT2D eigenvalue weighted by Crippen LogP contribution is 2.22. The van der Waals surface area contributed by atoms with E-state index in [2.05, 4.69) is 10.1 Å². The number of hydrazine groups is 1. The Hall–Kier alpha value is -0.660. The standard InChI is InChI=1S/C11H18ClN3O2S/c1-4-13-8-9-5-6-10(12)11(7-9)18(16,17)14-15(2)3/h5-7,13-14H,4,8H2,1-3H3. The Bertz CT molecular complexity index is 503. The molecule has 0 unspecified atom stereocenters. The summed E-state index contributed by atoms with van der Waals surface area (Å²) in [6.07, 6.45) is 0. The molecule has 1 aromatic carbocycles. The van der Waals surface area contributed by atoms with Crippen molar-refractivity contribution in [2.75, 3.05) is 20.6 Å². The van der Waals surface area contributed by atoms with Crippen LogP contribution in [-0.2, 0) is 16.6 Å². The molecule has 18 heavy (non-hydrogen) atoms. The molecule has 0 aliphatic carbocycles. The molecule has 1 rings (SSSR count). The van der Waals surface area contributed by atoms with E-state index >= 15 is 0 Å². The quantitative estimate of drug-likeness (QED) is 0.773. The lowest BCUT2D eigenvalue weighted by Gasteiger charge is -2.14. The Morgan fingerprint density at radius 2 is 2.00 bits per heavy atom. The number of benzene rings is 1. The van der Waals surface area contributed by atoms with Gasteiger partial charge in [0.1, 0.15) is 4.90 Å². The van der Waals surface area contributed by atoms with Crippen molar-refractivity contribution in [3.63, 3.8) is 0 Å². The Morgan fingerprint density at radius 3 is 2.56 bits per heavy atom. The second-order valence-electron chi connectivity index (χ2n) is 4.03. The van der Waals surface area contributed by atoms with Crippen molar-refractivity contribution in [3.8, 4) is 0 Å². The fraction of sp³-hybridized carbons (Fsp3) is 0.455. The van der Waals surface area contributed by atoms with Crippen LogP contribution in [0.1, 0.15) is 12.5 Å². The minimum Gasteiger partial charge on any atom is -0.313 e. The molecule has 0 radical (unpaired) electrons. The van der Waals surface area contributed by atoms with Gasteiger partial charge in [-0.15, -0.1) is 4.83 Å². The van der Waals surface area contributed by atoms with E-state index in [-0.39, 0.29) is 9.92 Å². The number of nitrogens with zero attached hydrogens (tertiary/aromatic N) is 1. The van der Waals surface area contributed by atoms with Gasteiger partial charge in [-0.05, 0) is 24.2 Å². The minimum atomic E-state index is -3.62. The molecule has 0 saturated carbocycles. The second kappa shape index (κ2) is 6.49. The van der Waals surface area contributed by atoms with Crippen LogP contribution in [0, 0.1) is 0 Å². The molecule has 5 nitrogen and oxygen atoms in total. The van der Waals surface area contributed by atoms with Crippen LogP contribution < -0.4 is 10.1 Å². The monoisotopic (exact) mass is 291 g/mol. The van der Waals surface area contributed by atoms with E-state index in [1.807, 2.05) is 6.92 Å². The maximum atomic E-state index is 12.0. The zero-order valence-corrected chi connectivity index (χ0v) is 12.3. The zero-order valence-electron chi connectivity index (χ0n) is 10.7. The van der Waals surface area contributed by atoms with E-state index in [1.165, 1.54) is 5.01 Å². The summed E-state index contributed by atoms with van der Waals surface area (Å²) >= 11 is 5.94. The van der Waals surface area contributed by atoms with E-state index in [9.17, 15) is 8.42 Å². The van der Waals surface area contributed by atoms with Crippen molar-refractivity contribution in [1.29, 1.82) is 0 Å². The number of nitrogens with one attached hydrogen (secondary N) is 2. The molecule has 0 bridgehead atoms. The van der Waals surface area contributed by atoms with Crippen LogP contribution in [-0.4, -0.2) is 34.1 Å². The summed E-state index contributed by atoms with van der Waals surface area (Å²) in [7, 11) is -0.411. The smallest absolute Gasteiger partial charge is 0.254 e. The van der Waals surface area contributed by atoms with E-state index in [4.69, 9.17) is 11.6 Å². The first-order chi connectivity index (χ1) is 8.36. The van der Waals surface area contributed by atoms with Gasteiger partial charge in [0.05, 0.1) is 5.02 Å². The Balaban J connectivity index is 3.07. The molecule has 0 aliphatic heterocycles. The van der Waals surface area contributed by atoms with E-state index < -0.39 is 10.0 Å². The second-order valence-corrected chi connectivity index (χ2v) is 6.07. The summed E-state index contributed by atoms with van der Waals surface area (Å²) in [5.41, 5.74) is 0.875. The minimum absolute atomic E-state index is 0.0910. The Labute approximate surface area is 113 Å². The number of hydrogen-bond acceptors (Lipinski definition) is 4. The fourth-order valence-corrected chi connectivity index (χ4v) is 3.06. The summed E-state index contributed by atoms with van der Waals surface area (Å²) in [6.45, 7) is 3.42. The molecule has 0 heterocycles. The highest BCUT2D eigenvalue weighted by atomic mass is 35.5.